The predicted octanol–water partition coefficient (Wildman–Crippen LogP) is -0.0458. The van der Waals surface area contributed by atoms with Crippen LogP contribution in [0.3, 0.4) is 0 Å². The van der Waals surface area contributed by atoms with Crippen LogP contribution in [0.15, 0.2) is 24.4 Å². The van der Waals surface area contributed by atoms with Crippen molar-refractivity contribution in [2.24, 2.45) is 5.73 Å². The van der Waals surface area contributed by atoms with Gasteiger partial charge in [0.15, 0.2) is 0 Å². The molecule has 1 aromatic heterocycles. The molecule has 0 bridgehead atoms. The van der Waals surface area contributed by atoms with E-state index in [1.807, 2.05) is 29.1 Å². The largest absolute Gasteiger partial charge is 0.367 e. The van der Waals surface area contributed by atoms with Crippen LogP contribution in [0.5, 0.6) is 0 Å². The molecule has 2 heterocycles. The lowest BCUT2D eigenvalue weighted by Crippen LogP contribution is -2.44. The highest BCUT2D eigenvalue weighted by Crippen LogP contribution is 2.16. The number of rotatable bonds is 5. The minimum Gasteiger partial charge on any atom is -0.367 e. The average Bonchev–Trinajstić information content (AvgIpc) is 2.58. The monoisotopic (exact) mass is 207 g/mol. The smallest absolute Gasteiger partial charge is 0.124 e. The predicted molar refractivity (Wildman–Crippen MR) is 60.8 cm³/mol. The minimum absolute atomic E-state index is 0.501. The fourth-order valence-corrected chi connectivity index (χ4v) is 1.53. The first-order chi connectivity index (χ1) is 7.42. The molecule has 0 amide bonds. The quantitative estimate of drug-likeness (QED) is 0.592. The molecule has 1 aliphatic heterocycles. The summed E-state index contributed by atoms with van der Waals surface area (Å²) in [6.07, 6.45) is 5.79. The summed E-state index contributed by atoms with van der Waals surface area (Å²) < 4.78 is 2.03. The lowest BCUT2D eigenvalue weighted by molar-refractivity contribution is 0.321. The van der Waals surface area contributed by atoms with E-state index in [0.717, 1.165) is 25.5 Å². The van der Waals surface area contributed by atoms with Crippen molar-refractivity contribution < 1.29 is 0 Å². The number of anilines is 1. The Bertz CT molecular complexity index is 326. The summed E-state index contributed by atoms with van der Waals surface area (Å²) in [5.41, 5.74) is 5.36. The number of hydrogen-bond acceptors (Lipinski definition) is 4. The van der Waals surface area contributed by atoms with Gasteiger partial charge in [-0.3, -0.25) is 0 Å². The maximum Gasteiger partial charge on any atom is 0.124 e. The van der Waals surface area contributed by atoms with Gasteiger partial charge in [0.2, 0.25) is 0 Å². The van der Waals surface area contributed by atoms with E-state index in [1.54, 1.807) is 0 Å². The molecule has 1 aromatic rings. The maximum absolute atomic E-state index is 5.36. The third kappa shape index (κ3) is 2.37. The van der Waals surface area contributed by atoms with Gasteiger partial charge in [-0.2, -0.15) is 5.10 Å². The van der Waals surface area contributed by atoms with Crippen LogP contribution in [0.2, 0.25) is 0 Å². The van der Waals surface area contributed by atoms with Crippen molar-refractivity contribution in [1.29, 1.82) is 0 Å². The zero-order chi connectivity index (χ0) is 10.5. The van der Waals surface area contributed by atoms with Gasteiger partial charge in [-0.05, 0) is 0 Å². The van der Waals surface area contributed by atoms with E-state index in [1.165, 1.54) is 0 Å². The first kappa shape index (κ1) is 10.2. The van der Waals surface area contributed by atoms with Gasteiger partial charge in [0, 0.05) is 32.2 Å². The van der Waals surface area contributed by atoms with Crippen molar-refractivity contribution in [1.82, 2.24) is 15.1 Å². The Balaban J connectivity index is 1.89. The van der Waals surface area contributed by atoms with E-state index in [2.05, 4.69) is 15.7 Å². The van der Waals surface area contributed by atoms with E-state index >= 15 is 0 Å². The van der Waals surface area contributed by atoms with Gasteiger partial charge in [-0.15, -0.1) is 0 Å². The van der Waals surface area contributed by atoms with Crippen LogP contribution in [0.1, 0.15) is 6.04 Å². The van der Waals surface area contributed by atoms with Crippen LogP contribution in [-0.2, 0) is 0 Å². The first-order valence-corrected chi connectivity index (χ1v) is 5.25. The normalized spacial score (nSPS) is 16.9. The average molecular weight is 207 g/mol. The van der Waals surface area contributed by atoms with Gasteiger partial charge >= 0.3 is 0 Å². The molecule has 82 valence electrons. The third-order valence-electron chi connectivity index (χ3n) is 2.48. The standard InChI is InChI=1S/C10H17N5/c11-4-1-2-5-13-10-3-6-14-15(10)9-7-12-8-9/h1-3,6,9,12-13H,4-5,7-8,11H2/b2-1+. The molecule has 0 saturated carbocycles. The van der Waals surface area contributed by atoms with Crippen molar-refractivity contribution in [3.05, 3.63) is 24.4 Å². The summed E-state index contributed by atoms with van der Waals surface area (Å²) in [5, 5.41) is 10.8. The summed E-state index contributed by atoms with van der Waals surface area (Å²) in [6.45, 7) is 3.40. The first-order valence-electron chi connectivity index (χ1n) is 5.25. The molecule has 5 heteroatoms. The lowest BCUT2D eigenvalue weighted by atomic mass is 10.2. The van der Waals surface area contributed by atoms with Gasteiger partial charge < -0.3 is 16.4 Å². The van der Waals surface area contributed by atoms with Crippen LogP contribution >= 0.6 is 0 Å². The van der Waals surface area contributed by atoms with Crippen molar-refractivity contribution in [2.45, 2.75) is 6.04 Å². The van der Waals surface area contributed by atoms with Crippen LogP contribution < -0.4 is 16.4 Å². The number of aromatic nitrogens is 2. The Labute approximate surface area is 89.3 Å². The Morgan fingerprint density at radius 3 is 3.13 bits per heavy atom. The molecule has 0 unspecified atom stereocenters. The number of hydrogen-bond donors (Lipinski definition) is 3. The van der Waals surface area contributed by atoms with Crippen molar-refractivity contribution in [2.75, 3.05) is 31.5 Å². The Morgan fingerprint density at radius 1 is 1.60 bits per heavy atom. The molecule has 2 rings (SSSR count). The van der Waals surface area contributed by atoms with Crippen molar-refractivity contribution >= 4 is 5.82 Å². The summed E-state index contributed by atoms with van der Waals surface area (Å²) >= 11 is 0. The molecule has 15 heavy (non-hydrogen) atoms. The van der Waals surface area contributed by atoms with E-state index in [9.17, 15) is 0 Å². The van der Waals surface area contributed by atoms with Gasteiger partial charge in [-0.1, -0.05) is 12.2 Å². The van der Waals surface area contributed by atoms with E-state index in [4.69, 9.17) is 5.73 Å². The van der Waals surface area contributed by atoms with Gasteiger partial charge in [0.1, 0.15) is 5.82 Å². The molecule has 1 aliphatic rings. The molecule has 0 spiro atoms. The molecule has 0 atom stereocenters. The maximum atomic E-state index is 5.36. The number of nitrogens with one attached hydrogen (secondary N) is 2. The fraction of sp³-hybridized carbons (Fsp3) is 0.500. The fourth-order valence-electron chi connectivity index (χ4n) is 1.53. The van der Waals surface area contributed by atoms with Crippen LogP contribution in [0.25, 0.3) is 0 Å². The van der Waals surface area contributed by atoms with Gasteiger partial charge in [0.05, 0.1) is 12.2 Å². The Morgan fingerprint density at radius 2 is 2.47 bits per heavy atom. The zero-order valence-electron chi connectivity index (χ0n) is 8.69. The molecule has 4 N–H and O–H groups in total. The minimum atomic E-state index is 0.501. The van der Waals surface area contributed by atoms with Crippen LogP contribution in [0.4, 0.5) is 5.82 Å². The number of nitrogens with two attached hydrogens (primary N) is 1. The van der Waals surface area contributed by atoms with Gasteiger partial charge in [0.25, 0.3) is 0 Å². The molecule has 1 fully saturated rings. The second-order valence-corrected chi connectivity index (χ2v) is 3.56. The molecule has 0 radical (unpaired) electrons. The highest BCUT2D eigenvalue weighted by atomic mass is 15.4. The highest BCUT2D eigenvalue weighted by molar-refractivity contribution is 5.35. The third-order valence-corrected chi connectivity index (χ3v) is 2.48. The van der Waals surface area contributed by atoms with E-state index in [-0.39, 0.29) is 0 Å². The SMILES string of the molecule is NC/C=C/CNc1ccnn1C1CNC1. The molecule has 1 saturated heterocycles. The molecule has 0 aromatic carbocycles. The molecular weight excluding hydrogens is 190 g/mol. The Hall–Kier alpha value is -1.33. The van der Waals surface area contributed by atoms with Crippen LogP contribution in [-0.4, -0.2) is 36.0 Å². The Kier molecular flexibility index (Phi) is 3.37. The zero-order valence-corrected chi connectivity index (χ0v) is 8.69. The highest BCUT2D eigenvalue weighted by Gasteiger charge is 2.20. The summed E-state index contributed by atoms with van der Waals surface area (Å²) in [4.78, 5) is 0. The van der Waals surface area contributed by atoms with E-state index < -0.39 is 0 Å². The second-order valence-electron chi connectivity index (χ2n) is 3.56. The second kappa shape index (κ2) is 4.95. The topological polar surface area (TPSA) is 67.9 Å². The molecular formula is C10H17N5. The summed E-state index contributed by atoms with van der Waals surface area (Å²) in [5.74, 6) is 1.07. The van der Waals surface area contributed by atoms with Gasteiger partial charge in [-0.25, -0.2) is 4.68 Å². The summed E-state index contributed by atoms with van der Waals surface area (Å²) in [6, 6.07) is 2.50. The van der Waals surface area contributed by atoms with Crippen LogP contribution in [0, 0.1) is 0 Å². The van der Waals surface area contributed by atoms with E-state index in [0.29, 0.717) is 12.6 Å². The molecule has 0 aliphatic carbocycles. The van der Waals surface area contributed by atoms with Crippen molar-refractivity contribution in [3.63, 3.8) is 0 Å². The molecule has 5 nitrogen and oxygen atoms in total. The number of nitrogens with zero attached hydrogens (tertiary/aromatic N) is 2. The lowest BCUT2D eigenvalue weighted by Gasteiger charge is -2.28. The summed E-state index contributed by atoms with van der Waals surface area (Å²) in [7, 11) is 0. The van der Waals surface area contributed by atoms with Crippen molar-refractivity contribution in [3.8, 4) is 0 Å².